The monoisotopic (exact) mass is 395 g/mol. The van der Waals surface area contributed by atoms with E-state index in [-0.39, 0.29) is 15.7 Å². The molecule has 2 aromatic carbocycles. The number of benzene rings is 2. The standard InChI is InChI=1S/C19H16F3NO3S/c1-18(24,19(20,21)22)14-5-7-15(8-6-14)27(25,26)17-9-2-12(11-23)10-16(17)13-3-4-13/h2,5-10,13,24H,3-4H2,1H3/t18-/m1/s1. The number of halogens is 3. The first-order valence-corrected chi connectivity index (χ1v) is 9.65. The average molecular weight is 395 g/mol. The average Bonchev–Trinajstić information content (AvgIpc) is 3.45. The molecule has 4 nitrogen and oxygen atoms in total. The molecule has 0 bridgehead atoms. The van der Waals surface area contributed by atoms with Crippen LogP contribution < -0.4 is 0 Å². The molecule has 1 saturated carbocycles. The molecule has 1 aliphatic carbocycles. The van der Waals surface area contributed by atoms with E-state index in [1.165, 1.54) is 12.1 Å². The lowest BCUT2D eigenvalue weighted by atomic mass is 9.96. The maximum atomic E-state index is 13.0. The van der Waals surface area contributed by atoms with Crippen molar-refractivity contribution in [1.29, 1.82) is 5.26 Å². The molecule has 0 unspecified atom stereocenters. The van der Waals surface area contributed by atoms with Crippen LogP contribution in [0.5, 0.6) is 0 Å². The molecule has 1 aliphatic rings. The highest BCUT2D eigenvalue weighted by molar-refractivity contribution is 7.91. The number of hydrogen-bond donors (Lipinski definition) is 1. The minimum atomic E-state index is -4.89. The predicted octanol–water partition coefficient (Wildman–Crippen LogP) is 4.04. The van der Waals surface area contributed by atoms with E-state index in [0.717, 1.165) is 37.1 Å². The Hall–Kier alpha value is -2.37. The van der Waals surface area contributed by atoms with Crippen molar-refractivity contribution < 1.29 is 26.7 Å². The Bertz CT molecular complexity index is 1020. The number of sulfone groups is 1. The summed E-state index contributed by atoms with van der Waals surface area (Å²) in [6, 6.07) is 10.3. The van der Waals surface area contributed by atoms with Gasteiger partial charge in [0.1, 0.15) is 0 Å². The normalized spacial score (nSPS) is 17.2. The van der Waals surface area contributed by atoms with Crippen LogP contribution in [0.4, 0.5) is 13.2 Å². The lowest BCUT2D eigenvalue weighted by molar-refractivity contribution is -0.258. The van der Waals surface area contributed by atoms with E-state index in [4.69, 9.17) is 5.26 Å². The van der Waals surface area contributed by atoms with Gasteiger partial charge in [-0.25, -0.2) is 8.42 Å². The van der Waals surface area contributed by atoms with Gasteiger partial charge in [0.25, 0.3) is 0 Å². The number of aliphatic hydroxyl groups is 1. The van der Waals surface area contributed by atoms with Crippen LogP contribution >= 0.6 is 0 Å². The third-order valence-electron chi connectivity index (χ3n) is 4.72. The quantitative estimate of drug-likeness (QED) is 0.848. The zero-order chi connectivity index (χ0) is 20.0. The third kappa shape index (κ3) is 3.45. The van der Waals surface area contributed by atoms with Gasteiger partial charge in [0, 0.05) is 0 Å². The first kappa shape index (κ1) is 19.4. The summed E-state index contributed by atoms with van der Waals surface area (Å²) in [5, 5.41) is 18.7. The summed E-state index contributed by atoms with van der Waals surface area (Å²) in [7, 11) is -3.97. The van der Waals surface area contributed by atoms with Gasteiger partial charge in [-0.3, -0.25) is 0 Å². The Balaban J connectivity index is 2.03. The molecule has 8 heteroatoms. The second-order valence-electron chi connectivity index (χ2n) is 6.74. The van der Waals surface area contributed by atoms with Crippen molar-refractivity contribution >= 4 is 9.84 Å². The molecule has 0 radical (unpaired) electrons. The molecule has 27 heavy (non-hydrogen) atoms. The summed E-state index contributed by atoms with van der Waals surface area (Å²) in [4.78, 5) is -0.116. The smallest absolute Gasteiger partial charge is 0.376 e. The summed E-state index contributed by atoms with van der Waals surface area (Å²) < 4.78 is 64.8. The van der Waals surface area contributed by atoms with Crippen LogP contribution in [-0.4, -0.2) is 19.7 Å². The molecule has 3 rings (SSSR count). The Kier molecular flexibility index (Phi) is 4.57. The highest BCUT2D eigenvalue weighted by Gasteiger charge is 2.51. The molecule has 0 aliphatic heterocycles. The maximum Gasteiger partial charge on any atom is 0.421 e. The van der Waals surface area contributed by atoms with Gasteiger partial charge in [-0.2, -0.15) is 18.4 Å². The fourth-order valence-electron chi connectivity index (χ4n) is 2.83. The molecule has 142 valence electrons. The molecule has 0 heterocycles. The van der Waals surface area contributed by atoms with Gasteiger partial charge in [-0.05, 0) is 67.1 Å². The van der Waals surface area contributed by atoms with Gasteiger partial charge in [0.2, 0.25) is 9.84 Å². The van der Waals surface area contributed by atoms with Crippen LogP contribution in [0, 0.1) is 11.3 Å². The van der Waals surface area contributed by atoms with Crippen LogP contribution in [0.2, 0.25) is 0 Å². The van der Waals surface area contributed by atoms with Crippen LogP contribution in [0.3, 0.4) is 0 Å². The number of alkyl halides is 3. The molecule has 0 spiro atoms. The first-order chi connectivity index (χ1) is 12.5. The molecule has 1 fully saturated rings. The highest BCUT2D eigenvalue weighted by Crippen LogP contribution is 2.44. The second kappa shape index (κ2) is 6.36. The van der Waals surface area contributed by atoms with E-state index in [1.807, 2.05) is 6.07 Å². The van der Waals surface area contributed by atoms with E-state index < -0.39 is 27.2 Å². The van der Waals surface area contributed by atoms with E-state index in [1.54, 1.807) is 6.07 Å². The molecular formula is C19H16F3NO3S. The number of nitrogens with zero attached hydrogens (tertiary/aromatic N) is 1. The number of nitriles is 1. The second-order valence-corrected chi connectivity index (χ2v) is 8.65. The maximum absolute atomic E-state index is 13.0. The largest absolute Gasteiger partial charge is 0.421 e. The van der Waals surface area contributed by atoms with Gasteiger partial charge in [0.05, 0.1) is 21.4 Å². The zero-order valence-corrected chi connectivity index (χ0v) is 15.1. The van der Waals surface area contributed by atoms with Crippen molar-refractivity contribution in [2.75, 3.05) is 0 Å². The Labute approximate surface area is 154 Å². The van der Waals surface area contributed by atoms with Gasteiger partial charge < -0.3 is 5.11 Å². The van der Waals surface area contributed by atoms with Crippen LogP contribution in [-0.2, 0) is 15.4 Å². The van der Waals surface area contributed by atoms with Crippen molar-refractivity contribution in [2.45, 2.75) is 47.3 Å². The zero-order valence-electron chi connectivity index (χ0n) is 14.3. The topological polar surface area (TPSA) is 78.2 Å². The molecule has 1 N–H and O–H groups in total. The first-order valence-electron chi connectivity index (χ1n) is 8.17. The predicted molar refractivity (Wildman–Crippen MR) is 90.7 cm³/mol. The van der Waals surface area contributed by atoms with E-state index in [0.29, 0.717) is 18.1 Å². The van der Waals surface area contributed by atoms with Crippen LogP contribution in [0.25, 0.3) is 0 Å². The van der Waals surface area contributed by atoms with Crippen molar-refractivity contribution in [2.24, 2.45) is 0 Å². The van der Waals surface area contributed by atoms with E-state index >= 15 is 0 Å². The van der Waals surface area contributed by atoms with Gasteiger partial charge in [-0.15, -0.1) is 0 Å². The van der Waals surface area contributed by atoms with Crippen molar-refractivity contribution in [3.8, 4) is 6.07 Å². The van der Waals surface area contributed by atoms with Crippen LogP contribution in [0.1, 0.15) is 42.4 Å². The molecule has 0 saturated heterocycles. The summed E-state index contributed by atoms with van der Waals surface area (Å²) in [6.45, 7) is 0.613. The highest BCUT2D eigenvalue weighted by atomic mass is 32.2. The number of hydrogen-bond acceptors (Lipinski definition) is 4. The lowest BCUT2D eigenvalue weighted by Crippen LogP contribution is -2.39. The number of rotatable bonds is 4. The summed E-state index contributed by atoms with van der Waals surface area (Å²) in [5.74, 6) is 0.0633. The van der Waals surface area contributed by atoms with Gasteiger partial charge in [-0.1, -0.05) is 12.1 Å². The van der Waals surface area contributed by atoms with Crippen LogP contribution in [0.15, 0.2) is 52.3 Å². The summed E-state index contributed by atoms with van der Waals surface area (Å²) >= 11 is 0. The van der Waals surface area contributed by atoms with E-state index in [2.05, 4.69) is 0 Å². The fourth-order valence-corrected chi connectivity index (χ4v) is 4.36. The fraction of sp³-hybridized carbons (Fsp3) is 0.316. The minimum Gasteiger partial charge on any atom is -0.376 e. The molecular weight excluding hydrogens is 379 g/mol. The van der Waals surface area contributed by atoms with Crippen molar-refractivity contribution in [3.05, 3.63) is 59.2 Å². The molecule has 0 aromatic heterocycles. The Morgan fingerprint density at radius 2 is 1.70 bits per heavy atom. The summed E-state index contributed by atoms with van der Waals surface area (Å²) in [5.41, 5.74) is -2.62. The lowest BCUT2D eigenvalue weighted by Gasteiger charge is -2.26. The van der Waals surface area contributed by atoms with Gasteiger partial charge >= 0.3 is 6.18 Å². The molecule has 1 atom stereocenters. The Morgan fingerprint density at radius 3 is 2.19 bits per heavy atom. The minimum absolute atomic E-state index is 0.0549. The Morgan fingerprint density at radius 1 is 1.11 bits per heavy atom. The SMILES string of the molecule is C[C@@](O)(c1ccc(S(=O)(=O)c2ccc(C#N)cc2C2CC2)cc1)C(F)(F)F. The molecule has 2 aromatic rings. The van der Waals surface area contributed by atoms with E-state index in [9.17, 15) is 26.7 Å². The van der Waals surface area contributed by atoms with Crippen molar-refractivity contribution in [1.82, 2.24) is 0 Å². The molecule has 0 amide bonds. The van der Waals surface area contributed by atoms with Gasteiger partial charge in [0.15, 0.2) is 5.60 Å². The third-order valence-corrected chi connectivity index (χ3v) is 6.57. The summed E-state index contributed by atoms with van der Waals surface area (Å²) in [6.07, 6.45) is -3.24. The van der Waals surface area contributed by atoms with Crippen molar-refractivity contribution in [3.63, 3.8) is 0 Å².